The molecular formula is C25H25BrN4O4S. The van der Waals surface area contributed by atoms with Crippen LogP contribution in [0.15, 0.2) is 93.3 Å². The minimum absolute atomic E-state index is 0.140. The van der Waals surface area contributed by atoms with Gasteiger partial charge in [-0.05, 0) is 54.1 Å². The molecule has 4 rings (SSSR count). The van der Waals surface area contributed by atoms with Crippen molar-refractivity contribution in [2.45, 2.75) is 4.90 Å². The van der Waals surface area contributed by atoms with Gasteiger partial charge in [0.1, 0.15) is 11.5 Å². The van der Waals surface area contributed by atoms with Gasteiger partial charge in [-0.25, -0.2) is 13.8 Å². The van der Waals surface area contributed by atoms with Crippen molar-refractivity contribution < 1.29 is 17.9 Å². The second kappa shape index (κ2) is 11.6. The third-order valence-electron chi connectivity index (χ3n) is 5.39. The summed E-state index contributed by atoms with van der Waals surface area (Å²) in [5.74, 6) is 1.14. The van der Waals surface area contributed by atoms with E-state index in [9.17, 15) is 13.2 Å². The SMILES string of the molecule is O=C(CN1CCN(S(=O)(=O)c2ccc(Br)cc2)CC1)N/N=C\c1cccc(Oc2ccccc2)c1. The molecule has 0 aliphatic carbocycles. The van der Waals surface area contributed by atoms with Gasteiger partial charge in [-0.2, -0.15) is 9.41 Å². The van der Waals surface area contributed by atoms with Crippen LogP contribution in [-0.2, 0) is 14.8 Å². The standard InChI is InChI=1S/C25H25BrN4O4S/c26-21-9-11-24(12-10-21)35(32,33)30-15-13-29(14-16-30)19-25(31)28-27-18-20-5-4-8-23(17-20)34-22-6-2-1-3-7-22/h1-12,17-18H,13-16,19H2,(H,28,31)/b27-18-. The number of ether oxygens (including phenoxy) is 1. The molecule has 0 radical (unpaired) electrons. The van der Waals surface area contributed by atoms with E-state index in [1.807, 2.05) is 59.5 Å². The molecule has 0 bridgehead atoms. The van der Waals surface area contributed by atoms with Crippen molar-refractivity contribution in [3.05, 3.63) is 88.9 Å². The van der Waals surface area contributed by atoms with Crippen LogP contribution in [0.5, 0.6) is 11.5 Å². The molecule has 10 heteroatoms. The maximum atomic E-state index is 12.8. The van der Waals surface area contributed by atoms with E-state index in [2.05, 4.69) is 26.5 Å². The van der Waals surface area contributed by atoms with Crippen LogP contribution in [0.4, 0.5) is 0 Å². The first-order chi connectivity index (χ1) is 16.9. The molecule has 1 fully saturated rings. The summed E-state index contributed by atoms with van der Waals surface area (Å²) in [6.45, 7) is 1.71. The van der Waals surface area contributed by atoms with E-state index in [0.717, 1.165) is 15.8 Å². The van der Waals surface area contributed by atoms with Gasteiger partial charge in [0.15, 0.2) is 0 Å². The molecule has 182 valence electrons. The predicted molar refractivity (Wildman–Crippen MR) is 138 cm³/mol. The Balaban J connectivity index is 1.24. The van der Waals surface area contributed by atoms with Gasteiger partial charge in [0.05, 0.1) is 17.7 Å². The van der Waals surface area contributed by atoms with Crippen LogP contribution in [0.25, 0.3) is 0 Å². The van der Waals surface area contributed by atoms with E-state index in [0.29, 0.717) is 31.9 Å². The number of carbonyl (C=O) groups excluding carboxylic acids is 1. The number of rotatable bonds is 8. The summed E-state index contributed by atoms with van der Waals surface area (Å²) >= 11 is 3.32. The lowest BCUT2D eigenvalue weighted by atomic mass is 10.2. The Morgan fingerprint density at radius 1 is 0.943 bits per heavy atom. The van der Waals surface area contributed by atoms with Crippen molar-refractivity contribution in [2.75, 3.05) is 32.7 Å². The number of hydrazone groups is 1. The molecule has 3 aromatic rings. The fourth-order valence-corrected chi connectivity index (χ4v) is 5.27. The van der Waals surface area contributed by atoms with Crippen LogP contribution in [0.2, 0.25) is 0 Å². The molecule has 1 saturated heterocycles. The number of amides is 1. The number of carbonyl (C=O) groups is 1. The summed E-state index contributed by atoms with van der Waals surface area (Å²) in [4.78, 5) is 14.5. The second-order valence-corrected chi connectivity index (χ2v) is 10.8. The Labute approximate surface area is 213 Å². The van der Waals surface area contributed by atoms with Crippen molar-refractivity contribution in [2.24, 2.45) is 5.10 Å². The summed E-state index contributed by atoms with van der Waals surface area (Å²) in [7, 11) is -3.55. The van der Waals surface area contributed by atoms with E-state index in [1.165, 1.54) is 4.31 Å². The maximum Gasteiger partial charge on any atom is 0.254 e. The minimum atomic E-state index is -3.55. The normalized spacial score (nSPS) is 15.2. The Kier molecular flexibility index (Phi) is 8.29. The van der Waals surface area contributed by atoms with E-state index in [4.69, 9.17) is 4.74 Å². The molecule has 1 amide bonds. The van der Waals surface area contributed by atoms with Gasteiger partial charge < -0.3 is 4.74 Å². The number of halogens is 1. The van der Waals surface area contributed by atoms with Crippen LogP contribution >= 0.6 is 15.9 Å². The highest BCUT2D eigenvalue weighted by atomic mass is 79.9. The van der Waals surface area contributed by atoms with E-state index in [-0.39, 0.29) is 17.3 Å². The van der Waals surface area contributed by atoms with Crippen molar-refractivity contribution in [1.29, 1.82) is 0 Å². The molecule has 1 N–H and O–H groups in total. The van der Waals surface area contributed by atoms with Gasteiger partial charge in [0.2, 0.25) is 10.0 Å². The third kappa shape index (κ3) is 6.98. The predicted octanol–water partition coefficient (Wildman–Crippen LogP) is 3.70. The fraction of sp³-hybridized carbons (Fsp3) is 0.200. The maximum absolute atomic E-state index is 12.8. The average Bonchev–Trinajstić information content (AvgIpc) is 2.85. The first kappa shape index (κ1) is 25.1. The van der Waals surface area contributed by atoms with Crippen molar-refractivity contribution in [3.8, 4) is 11.5 Å². The summed E-state index contributed by atoms with van der Waals surface area (Å²) < 4.78 is 33.7. The molecule has 1 aliphatic rings. The quantitative estimate of drug-likeness (QED) is 0.337. The largest absolute Gasteiger partial charge is 0.457 e. The molecule has 0 spiro atoms. The fourth-order valence-electron chi connectivity index (χ4n) is 3.58. The highest BCUT2D eigenvalue weighted by Gasteiger charge is 2.28. The lowest BCUT2D eigenvalue weighted by Gasteiger charge is -2.33. The van der Waals surface area contributed by atoms with Gasteiger partial charge in [-0.15, -0.1) is 0 Å². The van der Waals surface area contributed by atoms with Crippen LogP contribution in [-0.4, -0.2) is 62.5 Å². The van der Waals surface area contributed by atoms with Gasteiger partial charge in [0, 0.05) is 30.7 Å². The molecule has 1 aliphatic heterocycles. The number of nitrogens with one attached hydrogen (secondary N) is 1. The number of piperazine rings is 1. The van der Waals surface area contributed by atoms with E-state index in [1.54, 1.807) is 30.5 Å². The summed E-state index contributed by atoms with van der Waals surface area (Å²) in [6, 6.07) is 23.4. The Hall–Kier alpha value is -3.05. The number of benzene rings is 3. The number of sulfonamides is 1. The Morgan fingerprint density at radius 3 is 2.34 bits per heavy atom. The minimum Gasteiger partial charge on any atom is -0.457 e. The molecule has 1 heterocycles. The van der Waals surface area contributed by atoms with Gasteiger partial charge in [-0.3, -0.25) is 9.69 Å². The third-order valence-corrected chi connectivity index (χ3v) is 7.83. The van der Waals surface area contributed by atoms with Crippen LogP contribution in [0, 0.1) is 0 Å². The number of nitrogens with zero attached hydrogens (tertiary/aromatic N) is 3. The molecule has 8 nitrogen and oxygen atoms in total. The Bertz CT molecular complexity index is 1280. The Morgan fingerprint density at radius 2 is 1.63 bits per heavy atom. The van der Waals surface area contributed by atoms with Crippen LogP contribution in [0.1, 0.15) is 5.56 Å². The summed E-state index contributed by atoms with van der Waals surface area (Å²) in [5, 5.41) is 4.04. The van der Waals surface area contributed by atoms with E-state index < -0.39 is 10.0 Å². The first-order valence-electron chi connectivity index (χ1n) is 11.0. The summed E-state index contributed by atoms with van der Waals surface area (Å²) in [5.41, 5.74) is 3.31. The zero-order valence-electron chi connectivity index (χ0n) is 18.9. The van der Waals surface area contributed by atoms with Gasteiger partial charge in [0.25, 0.3) is 5.91 Å². The lowest BCUT2D eigenvalue weighted by molar-refractivity contribution is -0.122. The van der Waals surface area contributed by atoms with Crippen molar-refractivity contribution >= 4 is 38.1 Å². The molecule has 3 aromatic carbocycles. The number of hydrogen-bond acceptors (Lipinski definition) is 6. The molecule has 0 unspecified atom stereocenters. The molecular weight excluding hydrogens is 532 g/mol. The molecule has 35 heavy (non-hydrogen) atoms. The topological polar surface area (TPSA) is 91.3 Å². The first-order valence-corrected chi connectivity index (χ1v) is 13.3. The average molecular weight is 557 g/mol. The molecule has 0 saturated carbocycles. The van der Waals surface area contributed by atoms with Crippen molar-refractivity contribution in [1.82, 2.24) is 14.6 Å². The van der Waals surface area contributed by atoms with Crippen LogP contribution in [0.3, 0.4) is 0 Å². The lowest BCUT2D eigenvalue weighted by Crippen LogP contribution is -2.50. The van der Waals surface area contributed by atoms with Gasteiger partial charge >= 0.3 is 0 Å². The zero-order chi connectivity index (χ0) is 24.7. The monoisotopic (exact) mass is 556 g/mol. The molecule has 0 atom stereocenters. The van der Waals surface area contributed by atoms with E-state index >= 15 is 0 Å². The highest BCUT2D eigenvalue weighted by Crippen LogP contribution is 2.22. The summed E-state index contributed by atoms with van der Waals surface area (Å²) in [6.07, 6.45) is 1.55. The molecule has 0 aromatic heterocycles. The number of para-hydroxylation sites is 1. The zero-order valence-corrected chi connectivity index (χ0v) is 21.3. The highest BCUT2D eigenvalue weighted by molar-refractivity contribution is 9.10. The number of hydrogen-bond donors (Lipinski definition) is 1. The second-order valence-electron chi connectivity index (χ2n) is 7.91. The van der Waals surface area contributed by atoms with Gasteiger partial charge in [-0.1, -0.05) is 46.3 Å². The smallest absolute Gasteiger partial charge is 0.254 e. The van der Waals surface area contributed by atoms with Crippen molar-refractivity contribution in [3.63, 3.8) is 0 Å². The van der Waals surface area contributed by atoms with Crippen LogP contribution < -0.4 is 10.2 Å².